The maximum atomic E-state index is 13.5. The molecular weight excluding hydrogens is 1440 g/mol. The van der Waals surface area contributed by atoms with Gasteiger partial charge in [-0.15, -0.1) is 0 Å². The van der Waals surface area contributed by atoms with Gasteiger partial charge in [0.1, 0.15) is 116 Å². The van der Waals surface area contributed by atoms with Gasteiger partial charge >= 0.3 is 5.97 Å². The van der Waals surface area contributed by atoms with Crippen LogP contribution < -0.4 is 16.0 Å². The maximum absolute atomic E-state index is 13.5. The highest BCUT2D eigenvalue weighted by molar-refractivity contribution is 5.77. The number of carbonyl (C=O) groups excluding carboxylic acids is 3. The van der Waals surface area contributed by atoms with Gasteiger partial charge in [-0.1, -0.05) is 193 Å². The van der Waals surface area contributed by atoms with E-state index in [1.807, 2.05) is 6.08 Å². The van der Waals surface area contributed by atoms with Crippen LogP contribution in [0.1, 0.15) is 227 Å². The van der Waals surface area contributed by atoms with E-state index in [4.69, 9.17) is 47.4 Å². The number of unbranched alkanes of at least 4 members (excludes halogenated alkanes) is 27. The molecule has 28 atom stereocenters. The molecule has 34 nitrogen and oxygen atoms in total. The first kappa shape index (κ1) is 96.2. The quantitative estimate of drug-likeness (QED) is 0.0275. The zero-order chi connectivity index (χ0) is 80.2. The van der Waals surface area contributed by atoms with E-state index in [1.54, 1.807) is 6.08 Å². The van der Waals surface area contributed by atoms with Crippen LogP contribution in [-0.2, 0) is 66.5 Å². The third kappa shape index (κ3) is 30.3. The Hall–Kier alpha value is -3.42. The van der Waals surface area contributed by atoms with Crippen LogP contribution in [0.15, 0.2) is 12.2 Å². The lowest BCUT2D eigenvalue weighted by Crippen LogP contribution is -2.71. The molecule has 0 aromatic heterocycles. The number of amides is 3. The Morgan fingerprint density at radius 3 is 1.35 bits per heavy atom. The third-order valence-corrected chi connectivity index (χ3v) is 21.1. The maximum Gasteiger partial charge on any atom is 0.364 e. The second-order valence-corrected chi connectivity index (χ2v) is 30.0. The fourth-order valence-corrected chi connectivity index (χ4v) is 14.7. The van der Waals surface area contributed by atoms with Crippen LogP contribution in [0.4, 0.5) is 0 Å². The number of carboxylic acid groups (broad SMARTS) is 1. The number of nitrogens with one attached hydrogen (secondary N) is 3. The first-order chi connectivity index (χ1) is 52.3. The summed E-state index contributed by atoms with van der Waals surface area (Å²) >= 11 is 0. The zero-order valence-corrected chi connectivity index (χ0v) is 64.2. The van der Waals surface area contributed by atoms with Crippen LogP contribution >= 0.6 is 0 Å². The summed E-state index contributed by atoms with van der Waals surface area (Å²) in [6.07, 6.45) is -11.8. The minimum absolute atomic E-state index is 0.178. The number of aliphatic hydroxyl groups is 16. The molecule has 0 saturated carbocycles. The number of rotatable bonds is 54. The molecule has 5 rings (SSSR count). The molecule has 0 aromatic rings. The Balaban J connectivity index is 1.24. The lowest BCUT2D eigenvalue weighted by molar-refractivity contribution is -0.389. The molecule has 5 aliphatic heterocycles. The molecule has 0 aromatic carbocycles. The summed E-state index contributed by atoms with van der Waals surface area (Å²) in [5.74, 6) is -7.35. The van der Waals surface area contributed by atoms with Crippen LogP contribution in [0.25, 0.3) is 0 Å². The van der Waals surface area contributed by atoms with Crippen LogP contribution in [0.3, 0.4) is 0 Å². The summed E-state index contributed by atoms with van der Waals surface area (Å²) in [6.45, 7) is 0.654. The number of carboxylic acids is 1. The number of hydrogen-bond donors (Lipinski definition) is 20. The molecule has 20 N–H and O–H groups in total. The standard InChI is InChI=1S/C75H135N3O31/c1-5-7-9-11-13-15-17-19-20-21-22-24-26-28-30-32-34-36-54(89)78-46(47(86)35-33-31-29-27-25-23-18-16-14-12-10-8-6-2)43-100-71-62(95)60(93)66(52(41-82)103-71)106-72-63(96)61(94)65(53(42-83)104-72)105-70-56(77-45(4)85)67(58(91)50(39-80)101-70)107-73-64(97)69(59(92)51(40-81)102-73)109-75(74(98)99)37-48(87)55(76-44(3)84)68(108-75)57(90)49(88)38-79/h33,35,46-53,55-73,79-83,86-88,90-97H,5-32,34,36-43H2,1-4H3,(H,76,84)(H,77,85)(H,78,89)(H,98,99)/b35-33+/t46-,47+,48?,49+,50?,51?,52?,53?,55+,56?,57+,58-,59-,60+,61+,62?,63?,64?,65-,66+,67+,68?,69-,70-,71+,72-,73-,75-/m0/s1. The van der Waals surface area contributed by atoms with Gasteiger partial charge in [-0.3, -0.25) is 14.4 Å². The van der Waals surface area contributed by atoms with Crippen LogP contribution in [0.5, 0.6) is 0 Å². The molecule has 0 spiro atoms. The summed E-state index contributed by atoms with van der Waals surface area (Å²) in [4.78, 5) is 51.9. The number of hydrogen-bond acceptors (Lipinski definition) is 30. The van der Waals surface area contributed by atoms with E-state index in [2.05, 4.69) is 29.8 Å². The molecular formula is C75H135N3O31. The summed E-state index contributed by atoms with van der Waals surface area (Å²) in [6, 6.07) is -4.59. The number of ether oxygens (including phenoxy) is 10. The van der Waals surface area contributed by atoms with Gasteiger partial charge in [0, 0.05) is 26.7 Å². The van der Waals surface area contributed by atoms with Gasteiger partial charge in [0.25, 0.3) is 5.79 Å². The summed E-state index contributed by atoms with van der Waals surface area (Å²) < 4.78 is 58.9. The van der Waals surface area contributed by atoms with Gasteiger partial charge in [-0.25, -0.2) is 4.79 Å². The van der Waals surface area contributed by atoms with E-state index < -0.39 is 235 Å². The Morgan fingerprint density at radius 2 is 0.881 bits per heavy atom. The van der Waals surface area contributed by atoms with Crippen molar-refractivity contribution in [1.29, 1.82) is 0 Å². The van der Waals surface area contributed by atoms with Crippen LogP contribution in [0, 0.1) is 0 Å². The molecule has 5 aliphatic rings. The second kappa shape index (κ2) is 51.5. The average molecular weight is 1570 g/mol. The number of allylic oxidation sites excluding steroid dienone is 1. The van der Waals surface area contributed by atoms with Gasteiger partial charge in [0.2, 0.25) is 17.7 Å². The Kier molecular flexibility index (Phi) is 45.5. The first-order valence-corrected chi connectivity index (χ1v) is 40.1. The Morgan fingerprint density at radius 1 is 0.477 bits per heavy atom. The Bertz CT molecular complexity index is 2540. The fraction of sp³-hybridized carbons (Fsp3) is 0.920. The third-order valence-electron chi connectivity index (χ3n) is 21.1. The van der Waals surface area contributed by atoms with Gasteiger partial charge in [-0.2, -0.15) is 0 Å². The molecule has 0 aliphatic carbocycles. The molecule has 109 heavy (non-hydrogen) atoms. The van der Waals surface area contributed by atoms with Crippen molar-refractivity contribution in [3.8, 4) is 0 Å². The van der Waals surface area contributed by atoms with E-state index in [9.17, 15) is 106 Å². The van der Waals surface area contributed by atoms with Gasteiger partial charge in [-0.05, 0) is 19.3 Å². The van der Waals surface area contributed by atoms with Crippen molar-refractivity contribution in [2.75, 3.05) is 39.6 Å². The van der Waals surface area contributed by atoms with Gasteiger partial charge < -0.3 is 150 Å². The first-order valence-electron chi connectivity index (χ1n) is 40.1. The van der Waals surface area contributed by atoms with Crippen molar-refractivity contribution in [3.63, 3.8) is 0 Å². The number of aliphatic hydroxyl groups excluding tert-OH is 16. The largest absolute Gasteiger partial charge is 0.477 e. The predicted molar refractivity (Wildman–Crippen MR) is 388 cm³/mol. The van der Waals surface area contributed by atoms with E-state index in [-0.39, 0.29) is 12.3 Å². The van der Waals surface area contributed by atoms with E-state index in [0.29, 0.717) is 12.8 Å². The Labute approximate surface area is 640 Å². The lowest BCUT2D eigenvalue weighted by Gasteiger charge is -2.51. The molecule has 10 unspecified atom stereocenters. The normalized spacial score (nSPS) is 34.2. The molecule has 636 valence electrons. The van der Waals surface area contributed by atoms with Crippen molar-refractivity contribution in [2.45, 2.75) is 398 Å². The minimum atomic E-state index is -3.21. The molecule has 3 amide bonds. The molecule has 5 fully saturated rings. The fourth-order valence-electron chi connectivity index (χ4n) is 14.7. The number of aliphatic carboxylic acids is 1. The van der Waals surface area contributed by atoms with Crippen LogP contribution in [-0.4, -0.2) is 321 Å². The van der Waals surface area contributed by atoms with Crippen molar-refractivity contribution >= 4 is 23.7 Å². The SMILES string of the molecule is CCCCCCCCCCCCC/C=C/[C@@H](O)[C@H](CO[C@@H]1OC(CO)[C@@H](O[C@@H]2OC(CO)[C@H](O[C@@H]3OC(CO)[C@H](O)[C@H](O[C@@H]4OC(CO)[C@H](O)[C@H](O[C@]5(C(=O)O)CC(O)[C@@H](NC(C)=O)C([C@H](O)[C@H](O)CO)O5)C4O)C3NC(C)=O)[C@H](O)C2O)[C@H](O)C1O)NC(=O)CCCCCCCCCCCCCCCCCCC. The topological polar surface area (TPSA) is 541 Å². The van der Waals surface area contributed by atoms with E-state index >= 15 is 0 Å². The summed E-state index contributed by atoms with van der Waals surface area (Å²) in [7, 11) is 0. The van der Waals surface area contributed by atoms with Crippen molar-refractivity contribution in [3.05, 3.63) is 12.2 Å². The zero-order valence-electron chi connectivity index (χ0n) is 64.2. The summed E-state index contributed by atoms with van der Waals surface area (Å²) in [5, 5.41) is 196. The molecule has 5 saturated heterocycles. The van der Waals surface area contributed by atoms with Crippen molar-refractivity contribution in [2.24, 2.45) is 0 Å². The predicted octanol–water partition coefficient (Wildman–Crippen LogP) is -0.262. The highest BCUT2D eigenvalue weighted by atomic mass is 16.8. The smallest absolute Gasteiger partial charge is 0.364 e. The highest BCUT2D eigenvalue weighted by Gasteiger charge is 2.61. The highest BCUT2D eigenvalue weighted by Crippen LogP contribution is 2.40. The molecule has 0 radical (unpaired) electrons. The van der Waals surface area contributed by atoms with E-state index in [1.165, 1.54) is 122 Å². The van der Waals surface area contributed by atoms with Crippen molar-refractivity contribution < 1.29 is 153 Å². The molecule has 0 bridgehead atoms. The lowest BCUT2D eigenvalue weighted by atomic mass is 9.88. The monoisotopic (exact) mass is 1570 g/mol. The molecule has 5 heterocycles. The number of carbonyl (C=O) groups is 4. The van der Waals surface area contributed by atoms with Gasteiger partial charge in [0.05, 0.1) is 63.9 Å². The molecule has 34 heteroatoms. The average Bonchev–Trinajstić information content (AvgIpc) is 0.758. The summed E-state index contributed by atoms with van der Waals surface area (Å²) in [5.41, 5.74) is 0. The van der Waals surface area contributed by atoms with Crippen LogP contribution in [0.2, 0.25) is 0 Å². The second-order valence-electron chi connectivity index (χ2n) is 30.0. The van der Waals surface area contributed by atoms with E-state index in [0.717, 1.165) is 65.2 Å². The van der Waals surface area contributed by atoms with Crippen molar-refractivity contribution in [1.82, 2.24) is 16.0 Å². The minimum Gasteiger partial charge on any atom is -0.477 e. The van der Waals surface area contributed by atoms with Gasteiger partial charge in [0.15, 0.2) is 25.2 Å².